The zero-order chi connectivity index (χ0) is 23.4. The van der Waals surface area contributed by atoms with Crippen LogP contribution < -0.4 is 15.4 Å². The normalized spacial score (nSPS) is 10.6. The van der Waals surface area contributed by atoms with Gasteiger partial charge in [-0.1, -0.05) is 0 Å². The Kier molecular flexibility index (Phi) is 6.76. The van der Waals surface area contributed by atoms with Crippen LogP contribution in [0.3, 0.4) is 0 Å². The number of hydrogen-bond acceptors (Lipinski definition) is 7. The fraction of sp³-hybridized carbons (Fsp3) is 0.130. The molecule has 168 valence electrons. The molecule has 2 N–H and O–H groups in total. The highest BCUT2D eigenvalue weighted by Crippen LogP contribution is 2.29. The molecule has 0 spiro atoms. The van der Waals surface area contributed by atoms with Crippen LogP contribution in [0, 0.1) is 5.82 Å². The van der Waals surface area contributed by atoms with Crippen molar-refractivity contribution in [3.05, 3.63) is 64.7 Å². The van der Waals surface area contributed by atoms with Gasteiger partial charge in [0.05, 0.1) is 24.9 Å². The van der Waals surface area contributed by atoms with Crippen molar-refractivity contribution in [2.24, 2.45) is 0 Å². The molecule has 2 amide bonds. The summed E-state index contributed by atoms with van der Waals surface area (Å²) in [5, 5.41) is 9.96. The lowest BCUT2D eigenvalue weighted by Gasteiger charge is -2.05. The van der Waals surface area contributed by atoms with Gasteiger partial charge in [-0.3, -0.25) is 9.59 Å². The number of anilines is 2. The number of hydrogen-bond donors (Lipinski definition) is 2. The van der Waals surface area contributed by atoms with E-state index in [4.69, 9.17) is 4.74 Å². The summed E-state index contributed by atoms with van der Waals surface area (Å²) in [5.41, 5.74) is 2.65. The van der Waals surface area contributed by atoms with Crippen molar-refractivity contribution < 1.29 is 18.7 Å². The highest BCUT2D eigenvalue weighted by atomic mass is 32.1. The van der Waals surface area contributed by atoms with Crippen LogP contribution in [0.5, 0.6) is 5.75 Å². The minimum Gasteiger partial charge on any atom is -0.497 e. The number of carbonyl (C=O) groups excluding carboxylic acids is 2. The molecule has 0 radical (unpaired) electrons. The molecule has 0 unspecified atom stereocenters. The molecule has 0 saturated carbocycles. The third-order valence-corrected chi connectivity index (χ3v) is 6.24. The van der Waals surface area contributed by atoms with E-state index in [0.717, 1.165) is 16.3 Å². The first kappa shape index (κ1) is 22.6. The molecule has 2 aromatic carbocycles. The minimum absolute atomic E-state index is 0.0986. The van der Waals surface area contributed by atoms with Gasteiger partial charge in [-0.25, -0.2) is 14.4 Å². The van der Waals surface area contributed by atoms with Crippen molar-refractivity contribution in [2.45, 2.75) is 13.3 Å². The molecule has 4 aromatic rings. The average molecular weight is 483 g/mol. The van der Waals surface area contributed by atoms with Crippen LogP contribution in [0.1, 0.15) is 12.6 Å². The molecule has 0 fully saturated rings. The molecule has 33 heavy (non-hydrogen) atoms. The Morgan fingerprint density at radius 2 is 1.82 bits per heavy atom. The Morgan fingerprint density at radius 1 is 1.03 bits per heavy atom. The second-order valence-corrected chi connectivity index (χ2v) is 8.73. The SMILES string of the molecule is COc1ccc(-c2nc(CC(=O)Nc3nc(-c4ccc(NC(C)=O)cc4F)cs3)cs2)cc1. The van der Waals surface area contributed by atoms with E-state index in [9.17, 15) is 14.0 Å². The Hall–Kier alpha value is -3.63. The highest BCUT2D eigenvalue weighted by molar-refractivity contribution is 7.14. The smallest absolute Gasteiger partial charge is 0.232 e. The molecule has 0 atom stereocenters. The molecule has 0 aliphatic carbocycles. The first-order chi connectivity index (χ1) is 15.9. The number of rotatable bonds is 7. The molecule has 0 aliphatic heterocycles. The van der Waals surface area contributed by atoms with E-state index in [1.165, 1.54) is 41.7 Å². The van der Waals surface area contributed by atoms with E-state index in [2.05, 4.69) is 20.6 Å². The number of nitrogens with zero attached hydrogens (tertiary/aromatic N) is 2. The number of ether oxygens (including phenoxy) is 1. The number of benzene rings is 2. The van der Waals surface area contributed by atoms with E-state index in [-0.39, 0.29) is 23.8 Å². The van der Waals surface area contributed by atoms with Gasteiger partial charge in [-0.05, 0) is 42.5 Å². The Morgan fingerprint density at radius 3 is 2.52 bits per heavy atom. The van der Waals surface area contributed by atoms with E-state index in [1.807, 2.05) is 29.6 Å². The summed E-state index contributed by atoms with van der Waals surface area (Å²) in [6.45, 7) is 1.35. The number of aromatic nitrogens is 2. The first-order valence-corrected chi connectivity index (χ1v) is 11.6. The lowest BCUT2D eigenvalue weighted by molar-refractivity contribution is -0.116. The third kappa shape index (κ3) is 5.60. The highest BCUT2D eigenvalue weighted by Gasteiger charge is 2.14. The summed E-state index contributed by atoms with van der Waals surface area (Å²) in [6, 6.07) is 11.9. The second kappa shape index (κ2) is 9.88. The largest absolute Gasteiger partial charge is 0.497 e. The van der Waals surface area contributed by atoms with Crippen molar-refractivity contribution in [2.75, 3.05) is 17.7 Å². The lowest BCUT2D eigenvalue weighted by Crippen LogP contribution is -2.14. The van der Waals surface area contributed by atoms with E-state index >= 15 is 0 Å². The summed E-state index contributed by atoms with van der Waals surface area (Å²) in [5.74, 6) is -0.291. The Balaban J connectivity index is 1.39. The maximum absolute atomic E-state index is 14.4. The molecule has 2 heterocycles. The van der Waals surface area contributed by atoms with Gasteiger partial charge in [0.2, 0.25) is 11.8 Å². The molecule has 2 aromatic heterocycles. The van der Waals surface area contributed by atoms with Crippen LogP contribution in [0.25, 0.3) is 21.8 Å². The van der Waals surface area contributed by atoms with E-state index in [1.54, 1.807) is 18.6 Å². The van der Waals surface area contributed by atoms with Crippen LogP contribution in [0.15, 0.2) is 53.2 Å². The monoisotopic (exact) mass is 482 g/mol. The minimum atomic E-state index is -0.516. The van der Waals surface area contributed by atoms with Gasteiger partial charge in [0.15, 0.2) is 5.13 Å². The fourth-order valence-corrected chi connectivity index (χ4v) is 4.59. The predicted octanol–water partition coefficient (Wildman–Crippen LogP) is 5.22. The maximum Gasteiger partial charge on any atom is 0.232 e. The quantitative estimate of drug-likeness (QED) is 0.377. The second-order valence-electron chi connectivity index (χ2n) is 7.01. The average Bonchev–Trinajstić information content (AvgIpc) is 3.43. The summed E-state index contributed by atoms with van der Waals surface area (Å²) in [4.78, 5) is 32.4. The van der Waals surface area contributed by atoms with Gasteiger partial charge in [0, 0.05) is 34.5 Å². The van der Waals surface area contributed by atoms with E-state index in [0.29, 0.717) is 22.2 Å². The van der Waals surface area contributed by atoms with Crippen LogP contribution in [0.2, 0.25) is 0 Å². The molecule has 0 saturated heterocycles. The van der Waals surface area contributed by atoms with Crippen LogP contribution in [-0.2, 0) is 16.0 Å². The van der Waals surface area contributed by atoms with Crippen LogP contribution in [-0.4, -0.2) is 28.9 Å². The zero-order valence-electron chi connectivity index (χ0n) is 17.7. The third-order valence-electron chi connectivity index (χ3n) is 4.55. The molecule has 0 bridgehead atoms. The van der Waals surface area contributed by atoms with Crippen LogP contribution >= 0.6 is 22.7 Å². The van der Waals surface area contributed by atoms with Gasteiger partial charge < -0.3 is 15.4 Å². The predicted molar refractivity (Wildman–Crippen MR) is 128 cm³/mol. The molecular formula is C23H19FN4O3S2. The van der Waals surface area contributed by atoms with Crippen molar-refractivity contribution in [1.82, 2.24) is 9.97 Å². The number of methoxy groups -OCH3 is 1. The van der Waals surface area contributed by atoms with E-state index < -0.39 is 5.82 Å². The maximum atomic E-state index is 14.4. The number of nitrogens with one attached hydrogen (secondary N) is 2. The number of thiazole rings is 2. The van der Waals surface area contributed by atoms with Crippen molar-refractivity contribution >= 4 is 45.3 Å². The zero-order valence-corrected chi connectivity index (χ0v) is 19.3. The number of carbonyl (C=O) groups is 2. The van der Waals surface area contributed by atoms with Crippen molar-refractivity contribution in [1.29, 1.82) is 0 Å². The molecule has 0 aliphatic rings. The number of halogens is 1. The standard InChI is InChI=1S/C23H19FN4O3S2/c1-13(29)25-15-5-8-18(19(24)9-15)20-12-33-23(27-20)28-21(30)10-16-11-32-22(26-16)14-3-6-17(31-2)7-4-14/h3-9,11-12H,10H2,1-2H3,(H,25,29)(H,27,28,30). The van der Waals surface area contributed by atoms with Gasteiger partial charge in [-0.15, -0.1) is 22.7 Å². The molecule has 7 nitrogen and oxygen atoms in total. The van der Waals surface area contributed by atoms with Gasteiger partial charge >= 0.3 is 0 Å². The number of amides is 2. The van der Waals surface area contributed by atoms with Gasteiger partial charge in [0.1, 0.15) is 16.6 Å². The molecule has 4 rings (SSSR count). The lowest BCUT2D eigenvalue weighted by atomic mass is 10.1. The summed E-state index contributed by atoms with van der Waals surface area (Å²) in [6.07, 6.45) is 0.0986. The van der Waals surface area contributed by atoms with Gasteiger partial charge in [-0.2, -0.15) is 0 Å². The van der Waals surface area contributed by atoms with Crippen molar-refractivity contribution in [3.8, 4) is 27.6 Å². The summed E-state index contributed by atoms with van der Waals surface area (Å²) < 4.78 is 19.6. The molecular weight excluding hydrogens is 463 g/mol. The first-order valence-electron chi connectivity index (χ1n) is 9.83. The Labute approximate surface area is 197 Å². The summed E-state index contributed by atoms with van der Waals surface area (Å²) >= 11 is 2.66. The van der Waals surface area contributed by atoms with Crippen LogP contribution in [0.4, 0.5) is 15.2 Å². The summed E-state index contributed by atoms with van der Waals surface area (Å²) in [7, 11) is 1.61. The van der Waals surface area contributed by atoms with Gasteiger partial charge in [0.25, 0.3) is 0 Å². The fourth-order valence-electron chi connectivity index (χ4n) is 3.04. The Bertz CT molecular complexity index is 1300. The molecule has 10 heteroatoms. The van der Waals surface area contributed by atoms with Crippen molar-refractivity contribution in [3.63, 3.8) is 0 Å². The topological polar surface area (TPSA) is 93.2 Å².